The van der Waals surface area contributed by atoms with Gasteiger partial charge >= 0.3 is 0 Å². The molecule has 1 saturated heterocycles. The van der Waals surface area contributed by atoms with Crippen LogP contribution in [0.3, 0.4) is 0 Å². The van der Waals surface area contributed by atoms with E-state index in [0.717, 1.165) is 11.0 Å². The number of piperidine rings is 1. The number of fused-ring (bicyclic) bond motifs is 1. The van der Waals surface area contributed by atoms with Crippen molar-refractivity contribution in [3.63, 3.8) is 0 Å². The largest absolute Gasteiger partial charge is 0.366 e. The molecule has 2 aliphatic heterocycles. The molecule has 4 heteroatoms. The van der Waals surface area contributed by atoms with Gasteiger partial charge in [-0.1, -0.05) is 20.3 Å². The summed E-state index contributed by atoms with van der Waals surface area (Å²) >= 11 is 3.61. The van der Waals surface area contributed by atoms with Gasteiger partial charge in [0.2, 0.25) is 0 Å². The summed E-state index contributed by atoms with van der Waals surface area (Å²) in [5.41, 5.74) is 3.22. The van der Waals surface area contributed by atoms with Crippen molar-refractivity contribution >= 4 is 21.6 Å². The first-order valence-electron chi connectivity index (χ1n) is 9.07. The highest BCUT2D eigenvalue weighted by atomic mass is 79.9. The van der Waals surface area contributed by atoms with E-state index in [1.54, 1.807) is 0 Å². The van der Waals surface area contributed by atoms with E-state index in [4.69, 9.17) is 4.98 Å². The van der Waals surface area contributed by atoms with Crippen molar-refractivity contribution in [2.24, 2.45) is 0 Å². The maximum atomic E-state index is 4.73. The fourth-order valence-corrected chi connectivity index (χ4v) is 5.27. The summed E-state index contributed by atoms with van der Waals surface area (Å²) in [5, 5.41) is 0. The number of hydrogen-bond acceptors (Lipinski definition) is 3. The lowest BCUT2D eigenvalue weighted by atomic mass is 9.71. The molecule has 1 aromatic heterocycles. The van der Waals surface area contributed by atoms with Crippen LogP contribution in [0.25, 0.3) is 0 Å². The highest BCUT2D eigenvalue weighted by Gasteiger charge is 2.50. The Bertz CT molecular complexity index is 601. The molecule has 0 atom stereocenters. The SMILES string of the molecule is CC1(C)CN(C2CC(C)(N3CCCCC3)C2)c2cc(Br)cnc21. The topological polar surface area (TPSA) is 19.4 Å². The molecule has 0 N–H and O–H groups in total. The van der Waals surface area contributed by atoms with E-state index in [2.05, 4.69) is 52.6 Å². The molecule has 1 saturated carbocycles. The van der Waals surface area contributed by atoms with Crippen molar-refractivity contribution in [2.75, 3.05) is 24.5 Å². The molecule has 3 aliphatic rings. The summed E-state index contributed by atoms with van der Waals surface area (Å²) < 4.78 is 1.09. The van der Waals surface area contributed by atoms with Crippen LogP contribution in [0.15, 0.2) is 16.7 Å². The van der Waals surface area contributed by atoms with Crippen LogP contribution in [0.5, 0.6) is 0 Å². The molecule has 1 aromatic rings. The number of rotatable bonds is 2. The Morgan fingerprint density at radius 1 is 1.13 bits per heavy atom. The summed E-state index contributed by atoms with van der Waals surface area (Å²) in [6.45, 7) is 10.9. The van der Waals surface area contributed by atoms with Crippen LogP contribution in [0.2, 0.25) is 0 Å². The first kappa shape index (κ1) is 15.9. The predicted molar refractivity (Wildman–Crippen MR) is 99.2 cm³/mol. The lowest BCUT2D eigenvalue weighted by molar-refractivity contribution is 0.00197. The number of likely N-dealkylation sites (tertiary alicyclic amines) is 1. The average molecular weight is 378 g/mol. The Morgan fingerprint density at radius 2 is 1.83 bits per heavy atom. The summed E-state index contributed by atoms with van der Waals surface area (Å²) in [6, 6.07) is 2.95. The lowest BCUT2D eigenvalue weighted by Gasteiger charge is -2.56. The van der Waals surface area contributed by atoms with Gasteiger partial charge < -0.3 is 4.90 Å². The molecule has 0 bridgehead atoms. The molecule has 1 aliphatic carbocycles. The van der Waals surface area contributed by atoms with Crippen molar-refractivity contribution in [3.05, 3.63) is 22.4 Å². The monoisotopic (exact) mass is 377 g/mol. The number of halogens is 1. The quantitative estimate of drug-likeness (QED) is 0.763. The third-order valence-corrected chi connectivity index (χ3v) is 6.70. The highest BCUT2D eigenvalue weighted by molar-refractivity contribution is 9.10. The van der Waals surface area contributed by atoms with Crippen LogP contribution in [0.4, 0.5) is 5.69 Å². The second-order valence-electron chi connectivity index (χ2n) is 8.64. The van der Waals surface area contributed by atoms with E-state index in [1.165, 1.54) is 56.6 Å². The van der Waals surface area contributed by atoms with Crippen molar-refractivity contribution in [1.29, 1.82) is 0 Å². The van der Waals surface area contributed by atoms with Gasteiger partial charge in [-0.3, -0.25) is 9.88 Å². The van der Waals surface area contributed by atoms with Crippen molar-refractivity contribution in [3.8, 4) is 0 Å². The van der Waals surface area contributed by atoms with Crippen LogP contribution in [0.1, 0.15) is 58.6 Å². The number of pyridine rings is 1. The van der Waals surface area contributed by atoms with E-state index < -0.39 is 0 Å². The van der Waals surface area contributed by atoms with Gasteiger partial charge in [-0.15, -0.1) is 0 Å². The first-order chi connectivity index (χ1) is 10.9. The van der Waals surface area contributed by atoms with E-state index in [-0.39, 0.29) is 5.41 Å². The maximum absolute atomic E-state index is 4.73. The minimum atomic E-state index is 0.160. The molecule has 0 aromatic carbocycles. The number of aromatic nitrogens is 1. The smallest absolute Gasteiger partial charge is 0.0711 e. The molecule has 0 unspecified atom stereocenters. The zero-order valence-corrected chi connectivity index (χ0v) is 16.2. The third-order valence-electron chi connectivity index (χ3n) is 6.26. The van der Waals surface area contributed by atoms with Gasteiger partial charge in [0.05, 0.1) is 11.4 Å². The highest BCUT2D eigenvalue weighted by Crippen LogP contribution is 2.48. The summed E-state index contributed by atoms with van der Waals surface area (Å²) in [5.74, 6) is 0. The number of nitrogens with zero attached hydrogens (tertiary/aromatic N) is 3. The molecule has 2 fully saturated rings. The summed E-state index contributed by atoms with van der Waals surface area (Å²) in [6.07, 6.45) is 8.74. The van der Waals surface area contributed by atoms with Gasteiger partial charge in [0, 0.05) is 34.2 Å². The molecular weight excluding hydrogens is 350 g/mol. The summed E-state index contributed by atoms with van der Waals surface area (Å²) in [7, 11) is 0. The minimum Gasteiger partial charge on any atom is -0.366 e. The molecule has 4 rings (SSSR count). The van der Waals surface area contributed by atoms with Crippen molar-refractivity contribution in [1.82, 2.24) is 9.88 Å². The average Bonchev–Trinajstić information content (AvgIpc) is 2.75. The summed E-state index contributed by atoms with van der Waals surface area (Å²) in [4.78, 5) is 10.1. The fourth-order valence-electron chi connectivity index (χ4n) is 4.95. The Hall–Kier alpha value is -0.610. The molecule has 0 radical (unpaired) electrons. The standard InChI is InChI=1S/C19H28BrN3/c1-18(2)13-23(16-9-14(20)12-21-17(16)18)15-10-19(3,11-15)22-7-5-4-6-8-22/h9,12,15H,4-8,10-11,13H2,1-3H3. The predicted octanol–water partition coefficient (Wildman–Crippen LogP) is 4.35. The normalized spacial score (nSPS) is 33.4. The first-order valence-corrected chi connectivity index (χ1v) is 9.86. The Kier molecular flexibility index (Phi) is 3.77. The van der Waals surface area contributed by atoms with Crippen LogP contribution >= 0.6 is 15.9 Å². The van der Waals surface area contributed by atoms with E-state index in [0.29, 0.717) is 11.6 Å². The van der Waals surface area contributed by atoms with Crippen molar-refractivity contribution in [2.45, 2.75) is 69.9 Å². The molecule has 3 nitrogen and oxygen atoms in total. The van der Waals surface area contributed by atoms with Gasteiger partial charge in [0.1, 0.15) is 0 Å². The van der Waals surface area contributed by atoms with Crippen LogP contribution in [0, 0.1) is 0 Å². The molecule has 0 amide bonds. The van der Waals surface area contributed by atoms with Gasteiger partial charge in [-0.05, 0) is 67.7 Å². The van der Waals surface area contributed by atoms with E-state index >= 15 is 0 Å². The lowest BCUT2D eigenvalue weighted by Crippen LogP contribution is -2.63. The van der Waals surface area contributed by atoms with Gasteiger partial charge in [-0.25, -0.2) is 0 Å². The van der Waals surface area contributed by atoms with Crippen molar-refractivity contribution < 1.29 is 0 Å². The molecule has 0 spiro atoms. The number of hydrogen-bond donors (Lipinski definition) is 0. The van der Waals surface area contributed by atoms with E-state index in [1.807, 2.05) is 6.20 Å². The van der Waals surface area contributed by atoms with Gasteiger partial charge in [-0.2, -0.15) is 0 Å². The third kappa shape index (κ3) is 2.62. The zero-order valence-electron chi connectivity index (χ0n) is 14.6. The second-order valence-corrected chi connectivity index (χ2v) is 9.56. The Labute approximate surface area is 148 Å². The Morgan fingerprint density at radius 3 is 2.52 bits per heavy atom. The molecular formula is C19H28BrN3. The molecule has 126 valence electrons. The van der Waals surface area contributed by atoms with Gasteiger partial charge in [0.25, 0.3) is 0 Å². The zero-order chi connectivity index (χ0) is 16.2. The molecule has 23 heavy (non-hydrogen) atoms. The number of anilines is 1. The fraction of sp³-hybridized carbons (Fsp3) is 0.737. The van der Waals surface area contributed by atoms with Crippen LogP contribution in [-0.2, 0) is 5.41 Å². The molecule has 3 heterocycles. The Balaban J connectivity index is 1.52. The maximum Gasteiger partial charge on any atom is 0.0711 e. The van der Waals surface area contributed by atoms with Crippen LogP contribution < -0.4 is 4.90 Å². The van der Waals surface area contributed by atoms with E-state index in [9.17, 15) is 0 Å². The van der Waals surface area contributed by atoms with Gasteiger partial charge in [0.15, 0.2) is 0 Å². The second kappa shape index (κ2) is 5.45. The minimum absolute atomic E-state index is 0.160. The van der Waals surface area contributed by atoms with Crippen LogP contribution in [-0.4, -0.2) is 41.1 Å².